The zero-order valence-corrected chi connectivity index (χ0v) is 10.8. The topological polar surface area (TPSA) is 80.9 Å². The second kappa shape index (κ2) is 5.72. The Balaban J connectivity index is 2.01. The number of carboxylic acid groups (broad SMARTS) is 1. The molecule has 1 atom stereocenters. The molecule has 0 aromatic carbocycles. The molecule has 0 amide bonds. The first kappa shape index (κ1) is 12.7. The molecule has 1 N–H and O–H groups in total. The van der Waals surface area contributed by atoms with Gasteiger partial charge in [-0.1, -0.05) is 6.92 Å². The highest BCUT2D eigenvalue weighted by Crippen LogP contribution is 2.12. The molecule has 0 bridgehead atoms. The molecule has 1 unspecified atom stereocenters. The number of hydrogen-bond donors (Lipinski definition) is 1. The molecule has 18 heavy (non-hydrogen) atoms. The first-order valence-corrected chi connectivity index (χ1v) is 6.57. The largest absolute Gasteiger partial charge is 0.481 e. The molecular weight excluding hydrogens is 252 g/mol. The van der Waals surface area contributed by atoms with Crippen LogP contribution < -0.4 is 0 Å². The summed E-state index contributed by atoms with van der Waals surface area (Å²) in [5, 5.41) is 24.3. The fourth-order valence-electron chi connectivity index (χ4n) is 1.73. The van der Waals surface area contributed by atoms with Gasteiger partial charge in [0.25, 0.3) is 0 Å². The standard InChI is InChI=1S/C11H14N4O2S/c1-8(4-11(16)17)6-15-10(12-13-14-15)5-9-2-3-18-7-9/h2-3,7-8H,4-6H2,1H3,(H,16,17). The Hall–Kier alpha value is -1.76. The molecule has 0 radical (unpaired) electrons. The van der Waals surface area contributed by atoms with E-state index < -0.39 is 5.97 Å². The van der Waals surface area contributed by atoms with Crippen molar-refractivity contribution in [1.29, 1.82) is 0 Å². The first-order chi connectivity index (χ1) is 8.65. The lowest BCUT2D eigenvalue weighted by Gasteiger charge is -2.09. The SMILES string of the molecule is CC(CC(=O)O)Cn1nnnc1Cc1ccsc1. The zero-order chi connectivity index (χ0) is 13.0. The van der Waals surface area contributed by atoms with Gasteiger partial charge in [-0.3, -0.25) is 4.79 Å². The van der Waals surface area contributed by atoms with Gasteiger partial charge in [-0.05, 0) is 38.7 Å². The summed E-state index contributed by atoms with van der Waals surface area (Å²) in [4.78, 5) is 10.6. The van der Waals surface area contributed by atoms with Gasteiger partial charge >= 0.3 is 5.97 Å². The van der Waals surface area contributed by atoms with E-state index in [0.29, 0.717) is 13.0 Å². The molecule has 6 nitrogen and oxygen atoms in total. The Morgan fingerprint density at radius 3 is 3.11 bits per heavy atom. The van der Waals surface area contributed by atoms with Crippen molar-refractivity contribution in [2.24, 2.45) is 5.92 Å². The maximum atomic E-state index is 10.6. The molecule has 0 fully saturated rings. The summed E-state index contributed by atoms with van der Waals surface area (Å²) in [6.07, 6.45) is 0.800. The van der Waals surface area contributed by atoms with Crippen molar-refractivity contribution >= 4 is 17.3 Å². The average Bonchev–Trinajstić information content (AvgIpc) is 2.90. The molecule has 2 rings (SSSR count). The van der Waals surface area contributed by atoms with Crippen LogP contribution in [0.3, 0.4) is 0 Å². The number of carbonyl (C=O) groups is 1. The van der Waals surface area contributed by atoms with E-state index in [4.69, 9.17) is 5.11 Å². The average molecular weight is 266 g/mol. The fourth-order valence-corrected chi connectivity index (χ4v) is 2.39. The summed E-state index contributed by atoms with van der Waals surface area (Å²) in [7, 11) is 0. The number of aromatic nitrogens is 4. The van der Waals surface area contributed by atoms with Gasteiger partial charge in [-0.2, -0.15) is 11.3 Å². The van der Waals surface area contributed by atoms with Crippen LogP contribution >= 0.6 is 11.3 Å². The van der Waals surface area contributed by atoms with Crippen molar-refractivity contribution in [3.63, 3.8) is 0 Å². The van der Waals surface area contributed by atoms with Crippen molar-refractivity contribution in [1.82, 2.24) is 20.2 Å². The highest BCUT2D eigenvalue weighted by molar-refractivity contribution is 7.07. The predicted molar refractivity (Wildman–Crippen MR) is 66.4 cm³/mol. The van der Waals surface area contributed by atoms with E-state index >= 15 is 0 Å². The minimum atomic E-state index is -0.796. The second-order valence-corrected chi connectivity index (χ2v) is 5.07. The van der Waals surface area contributed by atoms with Crippen molar-refractivity contribution < 1.29 is 9.90 Å². The first-order valence-electron chi connectivity index (χ1n) is 5.63. The molecule has 0 saturated heterocycles. The number of aliphatic carboxylic acids is 1. The number of tetrazole rings is 1. The molecule has 0 spiro atoms. The van der Waals surface area contributed by atoms with Crippen LogP contribution in [0.5, 0.6) is 0 Å². The van der Waals surface area contributed by atoms with E-state index in [-0.39, 0.29) is 12.3 Å². The van der Waals surface area contributed by atoms with Gasteiger partial charge in [0.1, 0.15) is 0 Å². The molecule has 0 saturated carbocycles. The summed E-state index contributed by atoms with van der Waals surface area (Å²) in [6.45, 7) is 2.41. The third kappa shape index (κ3) is 3.36. The minimum Gasteiger partial charge on any atom is -0.481 e. The van der Waals surface area contributed by atoms with Crippen LogP contribution in [0, 0.1) is 5.92 Å². The zero-order valence-electron chi connectivity index (χ0n) is 9.98. The van der Waals surface area contributed by atoms with Gasteiger partial charge in [-0.15, -0.1) is 5.10 Å². The van der Waals surface area contributed by atoms with E-state index in [1.54, 1.807) is 16.0 Å². The lowest BCUT2D eigenvalue weighted by Crippen LogP contribution is -2.15. The van der Waals surface area contributed by atoms with Crippen molar-refractivity contribution in [2.45, 2.75) is 26.3 Å². The summed E-state index contributed by atoms with van der Waals surface area (Å²) < 4.78 is 1.69. The fraction of sp³-hybridized carbons (Fsp3) is 0.455. The van der Waals surface area contributed by atoms with Crippen LogP contribution in [-0.2, 0) is 17.8 Å². The highest BCUT2D eigenvalue weighted by Gasteiger charge is 2.13. The van der Waals surface area contributed by atoms with Crippen LogP contribution in [0.2, 0.25) is 0 Å². The number of carboxylic acids is 1. The van der Waals surface area contributed by atoms with Gasteiger partial charge in [0.05, 0.1) is 0 Å². The summed E-state index contributed by atoms with van der Waals surface area (Å²) >= 11 is 1.63. The van der Waals surface area contributed by atoms with E-state index in [1.807, 2.05) is 18.4 Å². The minimum absolute atomic E-state index is 0.00669. The molecule has 0 aliphatic rings. The quantitative estimate of drug-likeness (QED) is 0.855. The maximum Gasteiger partial charge on any atom is 0.303 e. The van der Waals surface area contributed by atoms with E-state index in [0.717, 1.165) is 5.82 Å². The Kier molecular flexibility index (Phi) is 4.03. The Morgan fingerprint density at radius 2 is 2.44 bits per heavy atom. The molecular formula is C11H14N4O2S. The molecule has 7 heteroatoms. The monoisotopic (exact) mass is 266 g/mol. The van der Waals surface area contributed by atoms with Gasteiger partial charge in [-0.25, -0.2) is 4.68 Å². The maximum absolute atomic E-state index is 10.6. The molecule has 2 aromatic rings. The van der Waals surface area contributed by atoms with E-state index in [1.165, 1.54) is 5.56 Å². The number of thiophene rings is 1. The van der Waals surface area contributed by atoms with Crippen molar-refractivity contribution in [2.75, 3.05) is 0 Å². The molecule has 96 valence electrons. The summed E-state index contributed by atoms with van der Waals surface area (Å²) in [5.74, 6) is -0.0205. The number of nitrogens with zero attached hydrogens (tertiary/aromatic N) is 4. The number of hydrogen-bond acceptors (Lipinski definition) is 5. The van der Waals surface area contributed by atoms with Crippen LogP contribution in [0.1, 0.15) is 24.7 Å². The summed E-state index contributed by atoms with van der Waals surface area (Å²) in [6, 6.07) is 2.03. The lowest BCUT2D eigenvalue weighted by atomic mass is 10.1. The Morgan fingerprint density at radius 1 is 1.61 bits per heavy atom. The third-order valence-electron chi connectivity index (χ3n) is 2.56. The van der Waals surface area contributed by atoms with E-state index in [9.17, 15) is 4.79 Å². The third-order valence-corrected chi connectivity index (χ3v) is 3.29. The molecule has 2 aromatic heterocycles. The van der Waals surface area contributed by atoms with Crippen molar-refractivity contribution in [3.8, 4) is 0 Å². The Labute approximate surface area is 108 Å². The second-order valence-electron chi connectivity index (χ2n) is 4.29. The smallest absolute Gasteiger partial charge is 0.303 e. The lowest BCUT2D eigenvalue weighted by molar-refractivity contribution is -0.138. The van der Waals surface area contributed by atoms with Crippen LogP contribution in [0.15, 0.2) is 16.8 Å². The van der Waals surface area contributed by atoms with Gasteiger partial charge in [0, 0.05) is 19.4 Å². The van der Waals surface area contributed by atoms with Gasteiger partial charge in [0.15, 0.2) is 5.82 Å². The van der Waals surface area contributed by atoms with Gasteiger partial charge in [0.2, 0.25) is 0 Å². The van der Waals surface area contributed by atoms with Gasteiger partial charge < -0.3 is 5.11 Å². The van der Waals surface area contributed by atoms with Crippen LogP contribution in [-0.4, -0.2) is 31.3 Å². The highest BCUT2D eigenvalue weighted by atomic mass is 32.1. The molecule has 2 heterocycles. The van der Waals surface area contributed by atoms with Crippen molar-refractivity contribution in [3.05, 3.63) is 28.2 Å². The van der Waals surface area contributed by atoms with Crippen LogP contribution in [0.25, 0.3) is 0 Å². The Bertz CT molecular complexity index is 509. The van der Waals surface area contributed by atoms with E-state index in [2.05, 4.69) is 20.9 Å². The molecule has 0 aliphatic carbocycles. The predicted octanol–water partition coefficient (Wildman–Crippen LogP) is 1.44. The van der Waals surface area contributed by atoms with Crippen LogP contribution in [0.4, 0.5) is 0 Å². The number of rotatable bonds is 6. The summed E-state index contributed by atoms with van der Waals surface area (Å²) in [5.41, 5.74) is 1.17. The molecule has 0 aliphatic heterocycles. The normalized spacial score (nSPS) is 12.5.